The summed E-state index contributed by atoms with van der Waals surface area (Å²) >= 11 is 1.58. The highest BCUT2D eigenvalue weighted by atomic mass is 32.1. The molecule has 1 aliphatic carbocycles. The number of carbonyl (C=O) groups is 2. The van der Waals surface area contributed by atoms with E-state index in [0.717, 1.165) is 5.56 Å². The average molecular weight is 267 g/mol. The minimum atomic E-state index is -0.852. The number of hydrogen-bond donors (Lipinski definition) is 2. The predicted octanol–water partition coefficient (Wildman–Crippen LogP) is 2.11. The molecule has 1 heterocycles. The first-order valence-electron chi connectivity index (χ1n) is 6.09. The van der Waals surface area contributed by atoms with Gasteiger partial charge in [0, 0.05) is 6.54 Å². The molecule has 1 fully saturated rings. The second-order valence-electron chi connectivity index (χ2n) is 4.98. The van der Waals surface area contributed by atoms with E-state index in [9.17, 15) is 9.59 Å². The van der Waals surface area contributed by atoms with Crippen LogP contribution < -0.4 is 5.32 Å². The van der Waals surface area contributed by atoms with E-state index < -0.39 is 11.9 Å². The molecule has 1 aliphatic rings. The number of carboxylic acids is 1. The number of carboxylic acid groups (broad SMARTS) is 1. The van der Waals surface area contributed by atoms with Gasteiger partial charge in [-0.3, -0.25) is 9.59 Å². The smallest absolute Gasteiger partial charge is 0.307 e. The largest absolute Gasteiger partial charge is 0.481 e. The number of hydrogen-bond acceptors (Lipinski definition) is 3. The van der Waals surface area contributed by atoms with Crippen molar-refractivity contribution in [2.75, 3.05) is 0 Å². The standard InChI is InChI=1S/C13H17NO3S/c1-8-4-10(11(5-8)13(16)17)12(15)14-6-9-2-3-18-7-9/h2-3,7-8,10-11H,4-6H2,1H3,(H,14,15)(H,16,17). The van der Waals surface area contributed by atoms with Crippen LogP contribution in [-0.2, 0) is 16.1 Å². The van der Waals surface area contributed by atoms with E-state index in [4.69, 9.17) is 5.11 Å². The number of nitrogens with one attached hydrogen (secondary N) is 1. The van der Waals surface area contributed by atoms with Crippen LogP contribution in [0.3, 0.4) is 0 Å². The first-order chi connectivity index (χ1) is 8.58. The Bertz CT molecular complexity index is 429. The summed E-state index contributed by atoms with van der Waals surface area (Å²) in [5, 5.41) is 15.9. The van der Waals surface area contributed by atoms with Crippen molar-refractivity contribution in [3.05, 3.63) is 22.4 Å². The van der Waals surface area contributed by atoms with Crippen LogP contribution in [0.25, 0.3) is 0 Å². The lowest BCUT2D eigenvalue weighted by Gasteiger charge is -2.15. The van der Waals surface area contributed by atoms with Crippen LogP contribution in [-0.4, -0.2) is 17.0 Å². The number of rotatable bonds is 4. The number of thiophene rings is 1. The summed E-state index contributed by atoms with van der Waals surface area (Å²) in [7, 11) is 0. The molecule has 1 aromatic heterocycles. The highest BCUT2D eigenvalue weighted by molar-refractivity contribution is 7.07. The molecule has 2 N–H and O–H groups in total. The van der Waals surface area contributed by atoms with Crippen LogP contribution in [0.1, 0.15) is 25.3 Å². The van der Waals surface area contributed by atoms with E-state index >= 15 is 0 Å². The summed E-state index contributed by atoms with van der Waals surface area (Å²) < 4.78 is 0. The quantitative estimate of drug-likeness (QED) is 0.878. The first kappa shape index (κ1) is 13.1. The van der Waals surface area contributed by atoms with Crippen LogP contribution in [0, 0.1) is 17.8 Å². The maximum Gasteiger partial charge on any atom is 0.307 e. The number of amides is 1. The fourth-order valence-electron chi connectivity index (χ4n) is 2.57. The minimum absolute atomic E-state index is 0.127. The lowest BCUT2D eigenvalue weighted by atomic mass is 9.95. The molecular formula is C13H17NO3S. The van der Waals surface area contributed by atoms with Gasteiger partial charge >= 0.3 is 5.97 Å². The maximum absolute atomic E-state index is 12.0. The van der Waals surface area contributed by atoms with Crippen molar-refractivity contribution in [3.8, 4) is 0 Å². The van der Waals surface area contributed by atoms with Crippen molar-refractivity contribution in [2.24, 2.45) is 17.8 Å². The Morgan fingerprint density at radius 1 is 1.44 bits per heavy atom. The zero-order valence-electron chi connectivity index (χ0n) is 10.3. The summed E-state index contributed by atoms with van der Waals surface area (Å²) in [5.41, 5.74) is 1.06. The van der Waals surface area contributed by atoms with Gasteiger partial charge in [0.05, 0.1) is 11.8 Å². The maximum atomic E-state index is 12.0. The van der Waals surface area contributed by atoms with E-state index in [1.807, 2.05) is 23.8 Å². The molecule has 0 saturated heterocycles. The normalized spacial score (nSPS) is 27.1. The van der Waals surface area contributed by atoms with Crippen LogP contribution in [0.5, 0.6) is 0 Å². The molecule has 3 atom stereocenters. The summed E-state index contributed by atoms with van der Waals surface area (Å²) in [6.07, 6.45) is 1.28. The molecule has 0 spiro atoms. The third-order valence-electron chi connectivity index (χ3n) is 3.50. The van der Waals surface area contributed by atoms with Crippen molar-refractivity contribution in [2.45, 2.75) is 26.3 Å². The van der Waals surface area contributed by atoms with Crippen molar-refractivity contribution in [3.63, 3.8) is 0 Å². The van der Waals surface area contributed by atoms with E-state index in [1.54, 1.807) is 11.3 Å². The van der Waals surface area contributed by atoms with E-state index in [2.05, 4.69) is 5.32 Å². The number of aliphatic carboxylic acids is 1. The molecule has 18 heavy (non-hydrogen) atoms. The molecule has 1 saturated carbocycles. The third-order valence-corrected chi connectivity index (χ3v) is 4.23. The molecule has 5 heteroatoms. The molecule has 1 aromatic rings. The van der Waals surface area contributed by atoms with Gasteiger partial charge in [-0.2, -0.15) is 11.3 Å². The Hall–Kier alpha value is -1.36. The van der Waals surface area contributed by atoms with Crippen molar-refractivity contribution >= 4 is 23.2 Å². The third kappa shape index (κ3) is 2.90. The van der Waals surface area contributed by atoms with E-state index in [-0.39, 0.29) is 11.8 Å². The summed E-state index contributed by atoms with van der Waals surface area (Å²) in [6.45, 7) is 2.49. The fraction of sp³-hybridized carbons (Fsp3) is 0.538. The molecule has 0 radical (unpaired) electrons. The molecule has 2 rings (SSSR count). The Balaban J connectivity index is 1.93. The molecule has 4 nitrogen and oxygen atoms in total. The zero-order chi connectivity index (χ0) is 13.1. The molecule has 0 aliphatic heterocycles. The Labute approximate surface area is 110 Å². The average Bonchev–Trinajstić information content (AvgIpc) is 2.94. The first-order valence-corrected chi connectivity index (χ1v) is 7.03. The molecule has 0 bridgehead atoms. The zero-order valence-corrected chi connectivity index (χ0v) is 11.1. The van der Waals surface area contributed by atoms with Crippen molar-refractivity contribution in [1.82, 2.24) is 5.32 Å². The fourth-order valence-corrected chi connectivity index (χ4v) is 3.24. The second-order valence-corrected chi connectivity index (χ2v) is 5.76. The number of carbonyl (C=O) groups excluding carboxylic acids is 1. The van der Waals surface area contributed by atoms with Crippen LogP contribution in [0.2, 0.25) is 0 Å². The van der Waals surface area contributed by atoms with Crippen molar-refractivity contribution in [1.29, 1.82) is 0 Å². The lowest BCUT2D eigenvalue weighted by Crippen LogP contribution is -2.34. The van der Waals surface area contributed by atoms with Gasteiger partial charge in [0.25, 0.3) is 0 Å². The summed E-state index contributed by atoms with van der Waals surface area (Å²) in [4.78, 5) is 23.1. The Morgan fingerprint density at radius 2 is 2.17 bits per heavy atom. The highest BCUT2D eigenvalue weighted by Crippen LogP contribution is 2.36. The molecule has 98 valence electrons. The topological polar surface area (TPSA) is 66.4 Å². The summed E-state index contributed by atoms with van der Waals surface area (Å²) in [5.74, 6) is -1.57. The van der Waals surface area contributed by atoms with Gasteiger partial charge in [-0.15, -0.1) is 0 Å². The monoisotopic (exact) mass is 267 g/mol. The molecular weight excluding hydrogens is 250 g/mol. The van der Waals surface area contributed by atoms with Gasteiger partial charge in [-0.25, -0.2) is 0 Å². The van der Waals surface area contributed by atoms with Gasteiger partial charge in [-0.1, -0.05) is 6.92 Å². The van der Waals surface area contributed by atoms with Crippen molar-refractivity contribution < 1.29 is 14.7 Å². The van der Waals surface area contributed by atoms with E-state index in [1.165, 1.54) is 0 Å². The Kier molecular flexibility index (Phi) is 4.01. The minimum Gasteiger partial charge on any atom is -0.481 e. The van der Waals surface area contributed by atoms with Gasteiger partial charge in [0.2, 0.25) is 5.91 Å². The molecule has 3 unspecified atom stereocenters. The molecule has 1 amide bonds. The van der Waals surface area contributed by atoms with Gasteiger partial charge in [-0.05, 0) is 41.1 Å². The lowest BCUT2D eigenvalue weighted by molar-refractivity contribution is -0.146. The van der Waals surface area contributed by atoms with Gasteiger partial charge in [0.15, 0.2) is 0 Å². The predicted molar refractivity (Wildman–Crippen MR) is 69.2 cm³/mol. The van der Waals surface area contributed by atoms with Gasteiger partial charge < -0.3 is 10.4 Å². The van der Waals surface area contributed by atoms with Gasteiger partial charge in [0.1, 0.15) is 0 Å². The van der Waals surface area contributed by atoms with Crippen LogP contribution in [0.15, 0.2) is 16.8 Å². The highest BCUT2D eigenvalue weighted by Gasteiger charge is 2.40. The van der Waals surface area contributed by atoms with E-state index in [0.29, 0.717) is 25.3 Å². The Morgan fingerprint density at radius 3 is 2.78 bits per heavy atom. The van der Waals surface area contributed by atoms with Crippen LogP contribution >= 0.6 is 11.3 Å². The second kappa shape index (κ2) is 5.52. The van der Waals surface area contributed by atoms with Crippen LogP contribution in [0.4, 0.5) is 0 Å². The SMILES string of the molecule is CC1CC(C(=O)O)C(C(=O)NCc2ccsc2)C1. The molecule has 0 aromatic carbocycles. The summed E-state index contributed by atoms with van der Waals surface area (Å²) in [6, 6.07) is 1.96.